The number of carbonyl (C=O) groups excluding carboxylic acids is 2. The van der Waals surface area contributed by atoms with Crippen LogP contribution >= 0.6 is 0 Å². The van der Waals surface area contributed by atoms with E-state index in [1.165, 1.54) is 0 Å². The zero-order valence-electron chi connectivity index (χ0n) is 17.6. The highest BCUT2D eigenvalue weighted by Gasteiger charge is 2.30. The molecule has 0 saturated carbocycles. The van der Waals surface area contributed by atoms with E-state index in [2.05, 4.69) is 0 Å². The molecule has 0 unspecified atom stereocenters. The van der Waals surface area contributed by atoms with Gasteiger partial charge in [-0.15, -0.1) is 0 Å². The van der Waals surface area contributed by atoms with Gasteiger partial charge in [0.25, 0.3) is 0 Å². The fourth-order valence-corrected chi connectivity index (χ4v) is 3.56. The summed E-state index contributed by atoms with van der Waals surface area (Å²) in [6.07, 6.45) is 3.68. The van der Waals surface area contributed by atoms with E-state index in [0.29, 0.717) is 22.6 Å². The van der Waals surface area contributed by atoms with E-state index in [0.717, 1.165) is 22.2 Å². The highest BCUT2D eigenvalue weighted by molar-refractivity contribution is 6.16. The number of methoxy groups -OCH3 is 1. The molecule has 0 N–H and O–H groups in total. The van der Waals surface area contributed by atoms with Gasteiger partial charge in [-0.1, -0.05) is 13.8 Å². The van der Waals surface area contributed by atoms with Gasteiger partial charge in [-0.05, 0) is 42.8 Å². The first-order valence-electron chi connectivity index (χ1n) is 9.72. The number of aromatic nitrogens is 1. The molecule has 0 atom stereocenters. The summed E-state index contributed by atoms with van der Waals surface area (Å²) in [5.41, 5.74) is 3.06. The molecule has 1 aliphatic heterocycles. The van der Waals surface area contributed by atoms with Crippen LogP contribution < -0.4 is 14.2 Å². The third kappa shape index (κ3) is 3.34. The average molecular weight is 405 g/mol. The number of ketones is 1. The zero-order valence-corrected chi connectivity index (χ0v) is 17.6. The van der Waals surface area contributed by atoms with E-state index < -0.39 is 0 Å². The molecular weight excluding hydrogens is 382 g/mol. The van der Waals surface area contributed by atoms with Crippen molar-refractivity contribution >= 4 is 28.7 Å². The van der Waals surface area contributed by atoms with Crippen LogP contribution in [0.3, 0.4) is 0 Å². The van der Waals surface area contributed by atoms with Gasteiger partial charge in [0.15, 0.2) is 5.76 Å². The van der Waals surface area contributed by atoms with Gasteiger partial charge in [0.05, 0.1) is 18.6 Å². The Balaban J connectivity index is 1.72. The SMILES string of the molecule is COc1ccc2c(c1)c(/C=C1\Oc3cc(OC(=O)C(C)C)cc(C)c3C1=O)cn2C. The van der Waals surface area contributed by atoms with E-state index >= 15 is 0 Å². The van der Waals surface area contributed by atoms with Crippen molar-refractivity contribution in [2.75, 3.05) is 7.11 Å². The largest absolute Gasteiger partial charge is 0.497 e. The minimum Gasteiger partial charge on any atom is -0.497 e. The molecule has 30 heavy (non-hydrogen) atoms. The zero-order chi connectivity index (χ0) is 21.6. The summed E-state index contributed by atoms with van der Waals surface area (Å²) in [6, 6.07) is 9.08. The number of hydrogen-bond donors (Lipinski definition) is 0. The molecule has 4 rings (SSSR count). The monoisotopic (exact) mass is 405 g/mol. The summed E-state index contributed by atoms with van der Waals surface area (Å²) in [5.74, 6) is 0.964. The van der Waals surface area contributed by atoms with Crippen molar-refractivity contribution < 1.29 is 23.8 Å². The first-order valence-corrected chi connectivity index (χ1v) is 9.72. The molecule has 0 aliphatic carbocycles. The molecule has 0 radical (unpaired) electrons. The molecule has 3 aromatic rings. The van der Waals surface area contributed by atoms with Crippen molar-refractivity contribution in [1.29, 1.82) is 0 Å². The molecule has 154 valence electrons. The topological polar surface area (TPSA) is 66.8 Å². The van der Waals surface area contributed by atoms with Gasteiger partial charge in [0, 0.05) is 35.8 Å². The smallest absolute Gasteiger partial charge is 0.313 e. The van der Waals surface area contributed by atoms with Gasteiger partial charge in [0.1, 0.15) is 17.2 Å². The lowest BCUT2D eigenvalue weighted by Crippen LogP contribution is -2.14. The number of fused-ring (bicyclic) bond motifs is 2. The number of rotatable bonds is 4. The van der Waals surface area contributed by atoms with Crippen molar-refractivity contribution in [3.05, 3.63) is 59.0 Å². The van der Waals surface area contributed by atoms with Crippen molar-refractivity contribution in [1.82, 2.24) is 4.57 Å². The van der Waals surface area contributed by atoms with Gasteiger partial charge >= 0.3 is 5.97 Å². The van der Waals surface area contributed by atoms with E-state index in [4.69, 9.17) is 14.2 Å². The minimum atomic E-state index is -0.334. The molecule has 2 aromatic carbocycles. The number of hydrogen-bond acceptors (Lipinski definition) is 5. The van der Waals surface area contributed by atoms with E-state index in [9.17, 15) is 9.59 Å². The highest BCUT2D eigenvalue weighted by Crippen LogP contribution is 2.38. The van der Waals surface area contributed by atoms with Crippen LogP contribution in [-0.2, 0) is 11.8 Å². The Bertz CT molecular complexity index is 1220. The van der Waals surface area contributed by atoms with Crippen LogP contribution in [-0.4, -0.2) is 23.4 Å². The van der Waals surface area contributed by atoms with Crippen molar-refractivity contribution in [2.45, 2.75) is 20.8 Å². The Morgan fingerprint density at radius 2 is 1.93 bits per heavy atom. The second-order valence-electron chi connectivity index (χ2n) is 7.71. The second-order valence-corrected chi connectivity index (χ2v) is 7.71. The van der Waals surface area contributed by atoms with Crippen molar-refractivity contribution in [3.8, 4) is 17.2 Å². The summed E-state index contributed by atoms with van der Waals surface area (Å²) in [5, 5.41) is 0.958. The second kappa shape index (κ2) is 7.37. The number of carbonyl (C=O) groups is 2. The molecule has 0 spiro atoms. The maximum Gasteiger partial charge on any atom is 0.313 e. The number of Topliss-reactive ketones (excluding diaryl/α,β-unsaturated/α-hetero) is 1. The Morgan fingerprint density at radius 3 is 2.63 bits per heavy atom. The minimum absolute atomic E-state index is 0.191. The number of aryl methyl sites for hydroxylation is 2. The van der Waals surface area contributed by atoms with Crippen LogP contribution in [0.2, 0.25) is 0 Å². The summed E-state index contributed by atoms with van der Waals surface area (Å²) >= 11 is 0. The van der Waals surface area contributed by atoms with Crippen LogP contribution in [0.1, 0.15) is 35.3 Å². The van der Waals surface area contributed by atoms with Crippen LogP contribution in [0.25, 0.3) is 17.0 Å². The molecule has 0 saturated heterocycles. The third-order valence-electron chi connectivity index (χ3n) is 5.15. The van der Waals surface area contributed by atoms with Crippen molar-refractivity contribution in [2.24, 2.45) is 13.0 Å². The van der Waals surface area contributed by atoms with Gasteiger partial charge in [-0.25, -0.2) is 0 Å². The Kier molecular flexibility index (Phi) is 4.86. The molecular formula is C24H23NO5. The summed E-state index contributed by atoms with van der Waals surface area (Å²) in [6.45, 7) is 5.34. The third-order valence-corrected chi connectivity index (χ3v) is 5.15. The number of ether oxygens (including phenoxy) is 3. The van der Waals surface area contributed by atoms with Crippen LogP contribution in [0.15, 0.2) is 42.3 Å². The number of benzene rings is 2. The fourth-order valence-electron chi connectivity index (χ4n) is 3.56. The first-order chi connectivity index (χ1) is 14.3. The quantitative estimate of drug-likeness (QED) is 0.358. The molecule has 1 aliphatic rings. The van der Waals surface area contributed by atoms with Crippen LogP contribution in [0.5, 0.6) is 17.2 Å². The highest BCUT2D eigenvalue weighted by atomic mass is 16.5. The lowest BCUT2D eigenvalue weighted by molar-refractivity contribution is -0.137. The molecule has 6 nitrogen and oxygen atoms in total. The number of nitrogens with zero attached hydrogens (tertiary/aromatic N) is 1. The summed E-state index contributed by atoms with van der Waals surface area (Å²) < 4.78 is 18.6. The predicted octanol–water partition coefficient (Wildman–Crippen LogP) is 4.67. The standard InChI is InChI=1S/C24H23NO5/c1-13(2)24(27)29-17-8-14(3)22-20(11-17)30-21(23(22)26)9-15-12-25(4)19-7-6-16(28-5)10-18(15)19/h6-13H,1-5H3/b21-9-. The molecule has 0 amide bonds. The summed E-state index contributed by atoms with van der Waals surface area (Å²) in [4.78, 5) is 24.9. The van der Waals surface area contributed by atoms with Crippen molar-refractivity contribution in [3.63, 3.8) is 0 Å². The fraction of sp³-hybridized carbons (Fsp3) is 0.250. The molecule has 1 aromatic heterocycles. The van der Waals surface area contributed by atoms with E-state index in [1.807, 2.05) is 36.0 Å². The lowest BCUT2D eigenvalue weighted by Gasteiger charge is -2.09. The number of esters is 1. The van der Waals surface area contributed by atoms with Crippen LogP contribution in [0, 0.1) is 12.8 Å². The lowest BCUT2D eigenvalue weighted by atomic mass is 10.0. The maximum absolute atomic E-state index is 13.0. The average Bonchev–Trinajstić information content (AvgIpc) is 3.18. The first kappa shape index (κ1) is 19.8. The van der Waals surface area contributed by atoms with Gasteiger partial charge < -0.3 is 18.8 Å². The maximum atomic E-state index is 13.0. The molecule has 0 bridgehead atoms. The van der Waals surface area contributed by atoms with E-state index in [1.54, 1.807) is 46.1 Å². The normalized spacial score (nSPS) is 14.3. The number of allylic oxidation sites excluding steroid dienone is 1. The Morgan fingerprint density at radius 1 is 1.17 bits per heavy atom. The molecule has 6 heteroatoms. The molecule has 0 fully saturated rings. The van der Waals surface area contributed by atoms with Gasteiger partial charge in [-0.2, -0.15) is 0 Å². The Hall–Kier alpha value is -3.54. The molecule has 2 heterocycles. The Labute approximate surface area is 174 Å². The predicted molar refractivity (Wildman–Crippen MR) is 114 cm³/mol. The summed E-state index contributed by atoms with van der Waals surface area (Å²) in [7, 11) is 3.57. The van der Waals surface area contributed by atoms with Gasteiger partial charge in [0.2, 0.25) is 5.78 Å². The van der Waals surface area contributed by atoms with E-state index in [-0.39, 0.29) is 23.4 Å². The van der Waals surface area contributed by atoms with Crippen LogP contribution in [0.4, 0.5) is 0 Å². The van der Waals surface area contributed by atoms with Gasteiger partial charge in [-0.3, -0.25) is 9.59 Å².